The van der Waals surface area contributed by atoms with E-state index in [-0.39, 0.29) is 5.54 Å². The van der Waals surface area contributed by atoms with Gasteiger partial charge >= 0.3 is 0 Å². The van der Waals surface area contributed by atoms with Crippen molar-refractivity contribution in [2.24, 2.45) is 0 Å². The lowest BCUT2D eigenvalue weighted by Gasteiger charge is -2.20. The van der Waals surface area contributed by atoms with Gasteiger partial charge in [-0.25, -0.2) is 4.98 Å². The summed E-state index contributed by atoms with van der Waals surface area (Å²) in [5.41, 5.74) is 2.29. The fourth-order valence-corrected chi connectivity index (χ4v) is 1.77. The van der Waals surface area contributed by atoms with Crippen LogP contribution in [0.1, 0.15) is 32.0 Å². The Bertz CT molecular complexity index is 532. The minimum Gasteiger partial charge on any atom is -0.477 e. The lowest BCUT2D eigenvalue weighted by atomic mass is 10.1. The molecule has 0 atom stereocenters. The molecule has 0 saturated carbocycles. The fourth-order valence-electron chi connectivity index (χ4n) is 1.77. The summed E-state index contributed by atoms with van der Waals surface area (Å²) in [6.07, 6.45) is 4.44. The van der Waals surface area contributed by atoms with Crippen LogP contribution in [0.15, 0.2) is 42.7 Å². The van der Waals surface area contributed by atoms with Crippen molar-refractivity contribution >= 4 is 0 Å². The van der Waals surface area contributed by atoms with Crippen molar-refractivity contribution in [1.82, 2.24) is 15.3 Å². The Labute approximate surface area is 126 Å². The van der Waals surface area contributed by atoms with E-state index >= 15 is 0 Å². The van der Waals surface area contributed by atoms with E-state index in [4.69, 9.17) is 4.74 Å². The van der Waals surface area contributed by atoms with E-state index in [1.807, 2.05) is 36.5 Å². The molecule has 4 nitrogen and oxygen atoms in total. The van der Waals surface area contributed by atoms with Gasteiger partial charge in [-0.3, -0.25) is 4.98 Å². The van der Waals surface area contributed by atoms with Gasteiger partial charge in [0.15, 0.2) is 0 Å². The molecule has 0 aliphatic rings. The standard InChI is InChI=1S/C17H23N3O/c1-17(2,3)20-13-14-7-8-16(19-12-14)21-11-9-15-6-4-5-10-18-15/h4-8,10,12,20H,9,11,13H2,1-3H3. The Kier molecular flexibility index (Phi) is 5.28. The third-order valence-electron chi connectivity index (χ3n) is 2.95. The number of ether oxygens (including phenoxy) is 1. The molecule has 0 saturated heterocycles. The first-order chi connectivity index (χ1) is 10.0. The number of pyridine rings is 2. The van der Waals surface area contributed by atoms with E-state index in [2.05, 4.69) is 36.1 Å². The number of hydrogen-bond acceptors (Lipinski definition) is 4. The van der Waals surface area contributed by atoms with E-state index < -0.39 is 0 Å². The van der Waals surface area contributed by atoms with Crippen LogP contribution in [0, 0.1) is 0 Å². The summed E-state index contributed by atoms with van der Waals surface area (Å²) in [6.45, 7) is 7.84. The number of nitrogens with one attached hydrogen (secondary N) is 1. The van der Waals surface area contributed by atoms with Crippen LogP contribution in [0.3, 0.4) is 0 Å². The molecule has 4 heteroatoms. The maximum absolute atomic E-state index is 5.64. The molecule has 0 spiro atoms. The predicted molar refractivity (Wildman–Crippen MR) is 84.3 cm³/mol. The monoisotopic (exact) mass is 285 g/mol. The second-order valence-corrected chi connectivity index (χ2v) is 6.03. The largest absolute Gasteiger partial charge is 0.477 e. The number of hydrogen-bond donors (Lipinski definition) is 1. The highest BCUT2D eigenvalue weighted by molar-refractivity contribution is 5.18. The molecule has 112 valence electrons. The molecule has 2 rings (SSSR count). The quantitative estimate of drug-likeness (QED) is 0.886. The molecule has 0 aliphatic carbocycles. The van der Waals surface area contributed by atoms with Gasteiger partial charge in [0, 0.05) is 42.7 Å². The van der Waals surface area contributed by atoms with Crippen LogP contribution < -0.4 is 10.1 Å². The molecule has 2 heterocycles. The first-order valence-corrected chi connectivity index (χ1v) is 7.26. The summed E-state index contributed by atoms with van der Waals surface area (Å²) < 4.78 is 5.64. The molecule has 0 bridgehead atoms. The fraction of sp³-hybridized carbons (Fsp3) is 0.412. The molecule has 0 aromatic carbocycles. The van der Waals surface area contributed by atoms with Gasteiger partial charge in [0.05, 0.1) is 6.61 Å². The van der Waals surface area contributed by atoms with Crippen LogP contribution in [-0.2, 0) is 13.0 Å². The molecule has 0 aliphatic heterocycles. The Morgan fingerprint density at radius 2 is 1.95 bits per heavy atom. The summed E-state index contributed by atoms with van der Waals surface area (Å²) in [5, 5.41) is 3.43. The van der Waals surface area contributed by atoms with Gasteiger partial charge < -0.3 is 10.1 Å². The molecule has 2 aromatic heterocycles. The van der Waals surface area contributed by atoms with Gasteiger partial charge in [0.25, 0.3) is 0 Å². The Morgan fingerprint density at radius 3 is 2.57 bits per heavy atom. The van der Waals surface area contributed by atoms with E-state index in [0.29, 0.717) is 12.5 Å². The minimum absolute atomic E-state index is 0.109. The molecule has 0 amide bonds. The lowest BCUT2D eigenvalue weighted by Crippen LogP contribution is -2.35. The van der Waals surface area contributed by atoms with Crippen LogP contribution >= 0.6 is 0 Å². The smallest absolute Gasteiger partial charge is 0.213 e. The molecule has 0 fully saturated rings. The second kappa shape index (κ2) is 7.18. The van der Waals surface area contributed by atoms with Crippen molar-refractivity contribution in [3.63, 3.8) is 0 Å². The third-order valence-corrected chi connectivity index (χ3v) is 2.95. The molecular formula is C17H23N3O. The Hall–Kier alpha value is -1.94. The molecule has 1 N–H and O–H groups in total. The maximum atomic E-state index is 5.64. The average molecular weight is 285 g/mol. The van der Waals surface area contributed by atoms with Crippen LogP contribution in [-0.4, -0.2) is 22.1 Å². The highest BCUT2D eigenvalue weighted by Gasteiger charge is 2.08. The van der Waals surface area contributed by atoms with Crippen molar-refractivity contribution in [3.05, 3.63) is 54.0 Å². The zero-order valence-corrected chi connectivity index (χ0v) is 13.0. The summed E-state index contributed by atoms with van der Waals surface area (Å²) >= 11 is 0. The van der Waals surface area contributed by atoms with Gasteiger partial charge in [-0.15, -0.1) is 0 Å². The second-order valence-electron chi connectivity index (χ2n) is 6.03. The van der Waals surface area contributed by atoms with Crippen LogP contribution in [0.2, 0.25) is 0 Å². The predicted octanol–water partition coefficient (Wildman–Crippen LogP) is 2.99. The first-order valence-electron chi connectivity index (χ1n) is 7.26. The van der Waals surface area contributed by atoms with Crippen molar-refractivity contribution in [1.29, 1.82) is 0 Å². The van der Waals surface area contributed by atoms with E-state index in [1.54, 1.807) is 6.20 Å². The Balaban J connectivity index is 1.77. The first kappa shape index (κ1) is 15.4. The number of aromatic nitrogens is 2. The van der Waals surface area contributed by atoms with Gasteiger partial charge in [-0.2, -0.15) is 0 Å². The zero-order valence-electron chi connectivity index (χ0n) is 13.0. The van der Waals surface area contributed by atoms with Crippen LogP contribution in [0.25, 0.3) is 0 Å². The maximum Gasteiger partial charge on any atom is 0.213 e. The molecule has 2 aromatic rings. The Morgan fingerprint density at radius 1 is 1.10 bits per heavy atom. The van der Waals surface area contributed by atoms with Crippen molar-refractivity contribution in [3.8, 4) is 5.88 Å². The summed E-state index contributed by atoms with van der Waals surface area (Å²) in [5.74, 6) is 0.658. The van der Waals surface area contributed by atoms with Gasteiger partial charge in [0.2, 0.25) is 5.88 Å². The lowest BCUT2D eigenvalue weighted by molar-refractivity contribution is 0.308. The minimum atomic E-state index is 0.109. The van der Waals surface area contributed by atoms with E-state index in [0.717, 1.165) is 24.2 Å². The van der Waals surface area contributed by atoms with Gasteiger partial charge in [0.1, 0.15) is 0 Å². The summed E-state index contributed by atoms with van der Waals surface area (Å²) in [7, 11) is 0. The third kappa shape index (κ3) is 5.92. The highest BCUT2D eigenvalue weighted by Crippen LogP contribution is 2.09. The summed E-state index contributed by atoms with van der Waals surface area (Å²) in [6, 6.07) is 9.85. The molecule has 21 heavy (non-hydrogen) atoms. The van der Waals surface area contributed by atoms with Crippen LogP contribution in [0.4, 0.5) is 0 Å². The van der Waals surface area contributed by atoms with Gasteiger partial charge in [-0.1, -0.05) is 12.1 Å². The highest BCUT2D eigenvalue weighted by atomic mass is 16.5. The molecule has 0 radical (unpaired) electrons. The van der Waals surface area contributed by atoms with Crippen molar-refractivity contribution in [2.45, 2.75) is 39.3 Å². The van der Waals surface area contributed by atoms with E-state index in [1.165, 1.54) is 0 Å². The van der Waals surface area contributed by atoms with E-state index in [9.17, 15) is 0 Å². The number of nitrogens with zero attached hydrogens (tertiary/aromatic N) is 2. The molecule has 0 unspecified atom stereocenters. The molecular weight excluding hydrogens is 262 g/mol. The normalized spacial score (nSPS) is 11.4. The number of rotatable bonds is 6. The van der Waals surface area contributed by atoms with Gasteiger partial charge in [-0.05, 0) is 38.5 Å². The van der Waals surface area contributed by atoms with Crippen LogP contribution in [0.5, 0.6) is 5.88 Å². The summed E-state index contributed by atoms with van der Waals surface area (Å²) in [4.78, 5) is 8.59. The SMILES string of the molecule is CC(C)(C)NCc1ccc(OCCc2ccccn2)nc1. The van der Waals surface area contributed by atoms with Crippen molar-refractivity contribution < 1.29 is 4.74 Å². The van der Waals surface area contributed by atoms with Crippen molar-refractivity contribution in [2.75, 3.05) is 6.61 Å². The average Bonchev–Trinajstić information content (AvgIpc) is 2.47. The zero-order chi connectivity index (χ0) is 15.1. The topological polar surface area (TPSA) is 47.0 Å².